The smallest absolute Gasteiger partial charge is 0.462 e. The van der Waals surface area contributed by atoms with Crippen LogP contribution >= 0.6 is 7.82 Å². The summed E-state index contributed by atoms with van der Waals surface area (Å²) >= 11 is 0. The molecular formula is C41H77O8P. The Morgan fingerprint density at radius 1 is 0.540 bits per heavy atom. The maximum atomic E-state index is 12.5. The average molecular weight is 729 g/mol. The second-order valence-corrected chi connectivity index (χ2v) is 15.3. The third-order valence-electron chi connectivity index (χ3n) is 8.92. The van der Waals surface area contributed by atoms with Gasteiger partial charge in [-0.05, 0) is 64.2 Å². The molecule has 50 heavy (non-hydrogen) atoms. The van der Waals surface area contributed by atoms with E-state index in [-0.39, 0.29) is 25.4 Å². The second-order valence-electron chi connectivity index (χ2n) is 13.8. The van der Waals surface area contributed by atoms with Crippen molar-refractivity contribution in [2.45, 2.75) is 206 Å². The summed E-state index contributed by atoms with van der Waals surface area (Å²) in [4.78, 5) is 34.4. The number of rotatable bonds is 38. The first-order chi connectivity index (χ1) is 24.3. The van der Waals surface area contributed by atoms with Gasteiger partial charge in [-0.3, -0.25) is 18.6 Å². The van der Waals surface area contributed by atoms with Crippen molar-refractivity contribution in [3.63, 3.8) is 0 Å². The largest absolute Gasteiger partial charge is 0.472 e. The van der Waals surface area contributed by atoms with E-state index in [1.54, 1.807) is 0 Å². The van der Waals surface area contributed by atoms with Crippen LogP contribution in [0, 0.1) is 0 Å². The lowest BCUT2D eigenvalue weighted by atomic mass is 10.1. The molecule has 8 nitrogen and oxygen atoms in total. The lowest BCUT2D eigenvalue weighted by molar-refractivity contribution is -0.161. The van der Waals surface area contributed by atoms with Crippen molar-refractivity contribution >= 4 is 19.8 Å². The van der Waals surface area contributed by atoms with E-state index in [2.05, 4.69) is 42.7 Å². The highest BCUT2D eigenvalue weighted by atomic mass is 31.2. The Kier molecular flexibility index (Phi) is 36.2. The molecule has 0 amide bonds. The Hall–Kier alpha value is -1.47. The molecule has 0 aromatic heterocycles. The number of ether oxygens (including phenoxy) is 2. The number of carbonyl (C=O) groups excluding carboxylic acids is 2. The zero-order valence-electron chi connectivity index (χ0n) is 32.6. The normalized spacial score (nSPS) is 13.6. The van der Waals surface area contributed by atoms with Gasteiger partial charge in [-0.1, -0.05) is 147 Å². The first kappa shape index (κ1) is 48.5. The Bertz CT molecular complexity index is 875. The Morgan fingerprint density at radius 3 is 1.30 bits per heavy atom. The van der Waals surface area contributed by atoms with Gasteiger partial charge in [0.15, 0.2) is 6.10 Å². The van der Waals surface area contributed by atoms with Crippen molar-refractivity contribution in [3.05, 3.63) is 24.3 Å². The molecule has 0 aliphatic heterocycles. The molecule has 0 aromatic rings. The highest BCUT2D eigenvalue weighted by Gasteiger charge is 2.24. The van der Waals surface area contributed by atoms with Crippen LogP contribution in [0.3, 0.4) is 0 Å². The molecule has 0 aliphatic rings. The van der Waals surface area contributed by atoms with Gasteiger partial charge in [-0.25, -0.2) is 4.57 Å². The molecule has 0 fully saturated rings. The maximum Gasteiger partial charge on any atom is 0.472 e. The van der Waals surface area contributed by atoms with E-state index in [1.165, 1.54) is 103 Å². The summed E-state index contributed by atoms with van der Waals surface area (Å²) in [6.45, 7) is 3.87. The average Bonchev–Trinajstić information content (AvgIpc) is 3.10. The van der Waals surface area contributed by atoms with Crippen LogP contribution in [0.2, 0.25) is 0 Å². The number of unbranched alkanes of at least 4 members (excludes halogenated alkanes) is 23. The van der Waals surface area contributed by atoms with E-state index in [1.807, 2.05) is 0 Å². The summed E-state index contributed by atoms with van der Waals surface area (Å²) in [6, 6.07) is 0. The van der Waals surface area contributed by atoms with Gasteiger partial charge < -0.3 is 14.4 Å². The van der Waals surface area contributed by atoms with Crippen LogP contribution in [0.15, 0.2) is 24.3 Å². The Balaban J connectivity index is 4.03. The first-order valence-corrected chi connectivity index (χ1v) is 22.0. The molecular weight excluding hydrogens is 651 g/mol. The van der Waals surface area contributed by atoms with E-state index in [4.69, 9.17) is 14.0 Å². The number of allylic oxidation sites excluding steroid dienone is 4. The molecule has 0 heterocycles. The minimum absolute atomic E-state index is 0.229. The fraction of sp³-hybridized carbons (Fsp3) is 0.854. The third kappa shape index (κ3) is 36.3. The second kappa shape index (κ2) is 37.3. The molecule has 0 rings (SSSR count). The van der Waals surface area contributed by atoms with Gasteiger partial charge in [0, 0.05) is 20.0 Å². The lowest BCUT2D eigenvalue weighted by Crippen LogP contribution is -2.29. The van der Waals surface area contributed by atoms with Crippen LogP contribution in [0.5, 0.6) is 0 Å². The van der Waals surface area contributed by atoms with Gasteiger partial charge in [-0.2, -0.15) is 0 Å². The molecule has 1 N–H and O–H groups in total. The van der Waals surface area contributed by atoms with Crippen molar-refractivity contribution in [2.24, 2.45) is 0 Å². The minimum Gasteiger partial charge on any atom is -0.462 e. The van der Waals surface area contributed by atoms with Crippen molar-refractivity contribution in [1.29, 1.82) is 0 Å². The number of phosphoric acid groups is 1. The quantitative estimate of drug-likeness (QED) is 0.0290. The molecule has 0 radical (unpaired) electrons. The molecule has 0 aliphatic carbocycles. The molecule has 0 spiro atoms. The Morgan fingerprint density at radius 2 is 0.900 bits per heavy atom. The first-order valence-electron chi connectivity index (χ1n) is 20.5. The Labute approximate surface area is 307 Å². The van der Waals surface area contributed by atoms with Crippen molar-refractivity contribution in [3.8, 4) is 0 Å². The highest BCUT2D eigenvalue weighted by molar-refractivity contribution is 7.47. The molecule has 2 unspecified atom stereocenters. The summed E-state index contributed by atoms with van der Waals surface area (Å²) in [7, 11) is -3.20. The van der Waals surface area contributed by atoms with Gasteiger partial charge in [0.1, 0.15) is 6.61 Å². The van der Waals surface area contributed by atoms with Gasteiger partial charge in [0.05, 0.1) is 6.61 Å². The third-order valence-corrected chi connectivity index (χ3v) is 9.85. The van der Waals surface area contributed by atoms with Crippen molar-refractivity contribution in [2.75, 3.05) is 20.3 Å². The van der Waals surface area contributed by atoms with Crippen molar-refractivity contribution in [1.82, 2.24) is 0 Å². The molecule has 0 bridgehead atoms. The molecule has 0 saturated carbocycles. The van der Waals surface area contributed by atoms with E-state index >= 15 is 0 Å². The van der Waals surface area contributed by atoms with Crippen LogP contribution in [-0.4, -0.2) is 43.3 Å². The monoisotopic (exact) mass is 729 g/mol. The molecule has 0 aromatic carbocycles. The number of hydrogen-bond donors (Lipinski definition) is 1. The zero-order valence-corrected chi connectivity index (χ0v) is 33.5. The fourth-order valence-corrected chi connectivity index (χ4v) is 6.17. The van der Waals surface area contributed by atoms with E-state index < -0.39 is 26.5 Å². The summed E-state index contributed by atoms with van der Waals surface area (Å²) in [5.74, 6) is -0.814. The van der Waals surface area contributed by atoms with E-state index in [0.717, 1.165) is 71.3 Å². The zero-order chi connectivity index (χ0) is 36.8. The topological polar surface area (TPSA) is 108 Å². The molecule has 0 saturated heterocycles. The van der Waals surface area contributed by atoms with Gasteiger partial charge >= 0.3 is 19.8 Å². The van der Waals surface area contributed by atoms with Crippen LogP contribution in [0.1, 0.15) is 200 Å². The minimum atomic E-state index is -4.26. The standard InChI is InChI=1S/C41H77O8P/c1-4-6-8-10-12-14-16-18-20-21-22-24-26-28-30-32-34-36-41(43)49-39(38-48-50(44,45)46-3)37-47-40(42)35-33-31-29-27-25-23-19-17-15-13-11-9-7-5-2/h17-20,39H,4-16,21-38H2,1-3H3,(H,44,45)/b19-17-,20-18-. The summed E-state index contributed by atoms with van der Waals surface area (Å²) in [6.07, 6.45) is 40.8. The van der Waals surface area contributed by atoms with Crippen molar-refractivity contribution < 1.29 is 37.6 Å². The summed E-state index contributed by atoms with van der Waals surface area (Å²) in [5.41, 5.74) is 0. The summed E-state index contributed by atoms with van der Waals surface area (Å²) in [5, 5.41) is 0. The van der Waals surface area contributed by atoms with Gasteiger partial charge in [-0.15, -0.1) is 0 Å². The molecule has 9 heteroatoms. The molecule has 2 atom stereocenters. The van der Waals surface area contributed by atoms with Crippen LogP contribution < -0.4 is 0 Å². The SMILES string of the molecule is CCCCCCC/C=C\CCCCCCCC(=O)OCC(COP(=O)(O)OC)OC(=O)CCCCCCCCC/C=C\CCCCCCCC. The highest BCUT2D eigenvalue weighted by Crippen LogP contribution is 2.42. The number of esters is 2. The predicted molar refractivity (Wildman–Crippen MR) is 207 cm³/mol. The molecule has 294 valence electrons. The fourth-order valence-electron chi connectivity index (χ4n) is 5.71. The predicted octanol–water partition coefficient (Wildman–Crippen LogP) is 12.7. The lowest BCUT2D eigenvalue weighted by Gasteiger charge is -2.19. The number of phosphoric ester groups is 1. The number of carbonyl (C=O) groups is 2. The van der Waals surface area contributed by atoms with Gasteiger partial charge in [0.2, 0.25) is 0 Å². The summed E-state index contributed by atoms with van der Waals surface area (Å²) < 4.78 is 31.9. The van der Waals surface area contributed by atoms with Crippen LogP contribution in [-0.2, 0) is 32.7 Å². The van der Waals surface area contributed by atoms with Crippen LogP contribution in [0.25, 0.3) is 0 Å². The van der Waals surface area contributed by atoms with Crippen LogP contribution in [0.4, 0.5) is 0 Å². The number of hydrogen-bond acceptors (Lipinski definition) is 7. The maximum absolute atomic E-state index is 12.5. The van der Waals surface area contributed by atoms with E-state index in [0.29, 0.717) is 6.42 Å². The van der Waals surface area contributed by atoms with E-state index in [9.17, 15) is 19.0 Å². The van der Waals surface area contributed by atoms with Gasteiger partial charge in [0.25, 0.3) is 0 Å².